The Morgan fingerprint density at radius 3 is 2.42 bits per heavy atom. The monoisotopic (exact) mass is 481 g/mol. The fourth-order valence-corrected chi connectivity index (χ4v) is 5.70. The summed E-state index contributed by atoms with van der Waals surface area (Å²) in [7, 11) is -3.48. The van der Waals surface area contributed by atoms with Crippen LogP contribution in [0.15, 0.2) is 30.3 Å². The van der Waals surface area contributed by atoms with E-state index in [9.17, 15) is 33.0 Å². The van der Waals surface area contributed by atoms with E-state index < -0.39 is 52.0 Å². The molecule has 11 heteroatoms. The Kier molecular flexibility index (Phi) is 7.76. The molecule has 0 radical (unpaired) electrons. The number of hydrogen-bond acceptors (Lipinski definition) is 6. The van der Waals surface area contributed by atoms with Crippen molar-refractivity contribution in [2.24, 2.45) is 5.92 Å². The summed E-state index contributed by atoms with van der Waals surface area (Å²) in [6.45, 7) is 1.86. The number of piperidine rings is 1. The van der Waals surface area contributed by atoms with E-state index in [2.05, 4.69) is 5.32 Å². The molecule has 0 spiro atoms. The summed E-state index contributed by atoms with van der Waals surface area (Å²) in [6.07, 6.45) is 2.58. The second-order valence-corrected chi connectivity index (χ2v) is 10.9. The highest BCUT2D eigenvalue weighted by molar-refractivity contribution is 7.88. The number of likely N-dealkylation sites (tertiary alicyclic amines) is 1. The van der Waals surface area contributed by atoms with Crippen LogP contribution in [0.2, 0.25) is 0 Å². The van der Waals surface area contributed by atoms with Crippen molar-refractivity contribution in [2.75, 3.05) is 19.3 Å². The molecule has 0 aliphatic carbocycles. The number of nitrogens with zero attached hydrogens (tertiary/aromatic N) is 2. The molecule has 3 rings (SSSR count). The minimum atomic E-state index is -3.48. The van der Waals surface area contributed by atoms with Gasteiger partial charge in [0, 0.05) is 19.1 Å². The summed E-state index contributed by atoms with van der Waals surface area (Å²) < 4.78 is 25.4. The van der Waals surface area contributed by atoms with Gasteiger partial charge in [0.25, 0.3) is 0 Å². The number of carboxylic acids is 2. The highest BCUT2D eigenvalue weighted by Crippen LogP contribution is 2.37. The number of carbonyl (C=O) groups is 3. The third kappa shape index (κ3) is 5.90. The van der Waals surface area contributed by atoms with Crippen LogP contribution in [-0.2, 0) is 30.8 Å². The van der Waals surface area contributed by atoms with Crippen molar-refractivity contribution in [1.82, 2.24) is 14.5 Å². The van der Waals surface area contributed by atoms with Crippen LogP contribution in [0.4, 0.5) is 0 Å². The molecule has 3 N–H and O–H groups in total. The van der Waals surface area contributed by atoms with Gasteiger partial charge in [0.05, 0.1) is 12.3 Å². The van der Waals surface area contributed by atoms with Crippen LogP contribution < -0.4 is 5.32 Å². The zero-order chi connectivity index (χ0) is 24.3. The van der Waals surface area contributed by atoms with Gasteiger partial charge in [0.2, 0.25) is 15.9 Å². The number of aryl methyl sites for hydroxylation is 1. The van der Waals surface area contributed by atoms with Gasteiger partial charge < -0.3 is 15.1 Å². The zero-order valence-corrected chi connectivity index (χ0v) is 19.6. The molecule has 33 heavy (non-hydrogen) atoms. The van der Waals surface area contributed by atoms with Crippen molar-refractivity contribution in [1.29, 1.82) is 0 Å². The number of rotatable bonds is 9. The first-order chi connectivity index (χ1) is 15.5. The summed E-state index contributed by atoms with van der Waals surface area (Å²) in [4.78, 5) is 38.3. The Hall–Kier alpha value is -2.50. The van der Waals surface area contributed by atoms with Gasteiger partial charge in [-0.1, -0.05) is 30.3 Å². The SMILES string of the molecule is C[C@@H](N[C@H](CCc1ccccc1)C(=O)O)C(=O)N1[C@@H](C(=O)O)C[C@H]2CCN(S(C)(=O)=O)C[C@@H]21. The van der Waals surface area contributed by atoms with E-state index >= 15 is 0 Å². The number of carboxylic acid groups (broad SMARTS) is 2. The van der Waals surface area contributed by atoms with E-state index in [4.69, 9.17) is 0 Å². The van der Waals surface area contributed by atoms with Crippen LogP contribution in [0.25, 0.3) is 0 Å². The first-order valence-corrected chi connectivity index (χ1v) is 12.9. The van der Waals surface area contributed by atoms with Gasteiger partial charge >= 0.3 is 11.9 Å². The van der Waals surface area contributed by atoms with Gasteiger partial charge in [0.15, 0.2) is 0 Å². The molecule has 1 amide bonds. The van der Waals surface area contributed by atoms with Crippen molar-refractivity contribution in [3.8, 4) is 0 Å². The Labute approximate surface area is 193 Å². The average molecular weight is 482 g/mol. The predicted octanol–water partition coefficient (Wildman–Crippen LogP) is 0.386. The first-order valence-electron chi connectivity index (χ1n) is 11.0. The highest BCUT2D eigenvalue weighted by Gasteiger charge is 2.50. The van der Waals surface area contributed by atoms with Gasteiger partial charge in [-0.15, -0.1) is 0 Å². The van der Waals surface area contributed by atoms with Crippen LogP contribution in [0.1, 0.15) is 31.7 Å². The molecular formula is C22H31N3O7S. The average Bonchev–Trinajstić information content (AvgIpc) is 3.15. The maximum absolute atomic E-state index is 13.3. The van der Waals surface area contributed by atoms with Crippen molar-refractivity contribution >= 4 is 27.9 Å². The van der Waals surface area contributed by atoms with Crippen molar-refractivity contribution in [2.45, 2.75) is 56.8 Å². The topological polar surface area (TPSA) is 144 Å². The van der Waals surface area contributed by atoms with Gasteiger partial charge in [-0.3, -0.25) is 14.9 Å². The second kappa shape index (κ2) is 10.2. The maximum atomic E-state index is 13.3. The standard InChI is InChI=1S/C22H31N3O7S/c1-14(23-17(21(27)28)9-8-15-6-4-3-5-7-15)20(26)25-18(22(29)30)12-16-10-11-24(13-19(16)25)33(2,31)32/h3-7,14,16-19,23H,8-13H2,1-2H3,(H,27,28)(H,29,30)/t14-,16-,17-,18-,19+/m1/s1. The first kappa shape index (κ1) is 25.1. The Balaban J connectivity index is 1.73. The molecule has 0 bridgehead atoms. The lowest BCUT2D eigenvalue weighted by Gasteiger charge is -2.38. The fraction of sp³-hybridized carbons (Fsp3) is 0.591. The number of hydrogen-bond donors (Lipinski definition) is 3. The number of benzene rings is 1. The normalized spacial score (nSPS) is 25.3. The molecule has 2 aliphatic rings. The van der Waals surface area contributed by atoms with E-state index in [1.165, 1.54) is 16.1 Å². The number of fused-ring (bicyclic) bond motifs is 1. The summed E-state index contributed by atoms with van der Waals surface area (Å²) in [6, 6.07) is 5.83. The van der Waals surface area contributed by atoms with E-state index in [0.717, 1.165) is 11.8 Å². The summed E-state index contributed by atoms with van der Waals surface area (Å²) in [5, 5.41) is 22.2. The van der Waals surface area contributed by atoms with Crippen LogP contribution in [-0.4, -0.2) is 89.2 Å². The van der Waals surface area contributed by atoms with E-state index in [1.807, 2.05) is 30.3 Å². The molecule has 2 aliphatic heterocycles. The maximum Gasteiger partial charge on any atom is 0.326 e. The number of carbonyl (C=O) groups excluding carboxylic acids is 1. The molecule has 2 fully saturated rings. The lowest BCUT2D eigenvalue weighted by molar-refractivity contribution is -0.151. The van der Waals surface area contributed by atoms with Gasteiger partial charge in [-0.2, -0.15) is 0 Å². The Morgan fingerprint density at radius 2 is 1.85 bits per heavy atom. The van der Waals surface area contributed by atoms with Gasteiger partial charge in [0.1, 0.15) is 12.1 Å². The quantitative estimate of drug-likeness (QED) is 0.459. The third-order valence-electron chi connectivity index (χ3n) is 6.60. The molecule has 10 nitrogen and oxygen atoms in total. The molecule has 2 saturated heterocycles. The smallest absolute Gasteiger partial charge is 0.326 e. The molecule has 1 aromatic carbocycles. The largest absolute Gasteiger partial charge is 0.480 e. The van der Waals surface area contributed by atoms with E-state index in [1.54, 1.807) is 0 Å². The molecular weight excluding hydrogens is 450 g/mol. The van der Waals surface area contributed by atoms with Crippen molar-refractivity contribution < 1.29 is 33.0 Å². The minimum Gasteiger partial charge on any atom is -0.480 e. The van der Waals surface area contributed by atoms with Crippen LogP contribution in [0.5, 0.6) is 0 Å². The number of aliphatic carboxylic acids is 2. The zero-order valence-electron chi connectivity index (χ0n) is 18.8. The van der Waals surface area contributed by atoms with Gasteiger partial charge in [-0.25, -0.2) is 17.5 Å². The molecule has 182 valence electrons. The van der Waals surface area contributed by atoms with Crippen LogP contribution in [0, 0.1) is 5.92 Å². The molecule has 0 unspecified atom stereocenters. The molecule has 2 heterocycles. The highest BCUT2D eigenvalue weighted by atomic mass is 32.2. The Bertz CT molecular complexity index is 985. The summed E-state index contributed by atoms with van der Waals surface area (Å²) in [5.74, 6) is -2.89. The minimum absolute atomic E-state index is 0.0438. The van der Waals surface area contributed by atoms with Gasteiger partial charge in [-0.05, 0) is 44.1 Å². The molecule has 0 saturated carbocycles. The molecule has 0 aromatic heterocycles. The number of sulfonamides is 1. The lowest BCUT2D eigenvalue weighted by Crippen LogP contribution is -2.58. The van der Waals surface area contributed by atoms with E-state index in [-0.39, 0.29) is 25.3 Å². The fourth-order valence-electron chi connectivity index (χ4n) is 4.84. The second-order valence-electron chi connectivity index (χ2n) is 8.88. The summed E-state index contributed by atoms with van der Waals surface area (Å²) >= 11 is 0. The predicted molar refractivity (Wildman–Crippen MR) is 120 cm³/mol. The number of nitrogens with one attached hydrogen (secondary N) is 1. The number of amides is 1. The molecule has 5 atom stereocenters. The van der Waals surface area contributed by atoms with Crippen molar-refractivity contribution in [3.05, 3.63) is 35.9 Å². The third-order valence-corrected chi connectivity index (χ3v) is 7.87. The van der Waals surface area contributed by atoms with Crippen LogP contribution >= 0.6 is 0 Å². The lowest BCUT2D eigenvalue weighted by atomic mass is 9.92. The van der Waals surface area contributed by atoms with Crippen LogP contribution in [0.3, 0.4) is 0 Å². The Morgan fingerprint density at radius 1 is 1.18 bits per heavy atom. The van der Waals surface area contributed by atoms with E-state index in [0.29, 0.717) is 19.4 Å². The summed E-state index contributed by atoms with van der Waals surface area (Å²) in [5.41, 5.74) is 0.973. The molecule has 1 aromatic rings. The van der Waals surface area contributed by atoms with Crippen molar-refractivity contribution in [3.63, 3.8) is 0 Å².